The number of furan rings is 1. The van der Waals surface area contributed by atoms with Crippen LogP contribution in [0.3, 0.4) is 0 Å². The summed E-state index contributed by atoms with van der Waals surface area (Å²) in [4.78, 5) is 4.38. The molecule has 0 radical (unpaired) electrons. The highest BCUT2D eigenvalue weighted by atomic mass is 32.1. The van der Waals surface area contributed by atoms with Crippen molar-refractivity contribution in [2.24, 2.45) is 5.73 Å². The summed E-state index contributed by atoms with van der Waals surface area (Å²) in [6.45, 7) is 3.91. The topological polar surface area (TPSA) is 52.0 Å². The smallest absolute Gasteiger partial charge is 0.121 e. The minimum Gasteiger partial charge on any atom is -0.465 e. The first-order chi connectivity index (χ1) is 7.15. The predicted octanol–water partition coefficient (Wildman–Crippen LogP) is 2.60. The van der Waals surface area contributed by atoms with Crippen molar-refractivity contribution in [1.82, 2.24) is 4.98 Å². The lowest BCUT2D eigenvalue weighted by Gasteiger charge is -2.05. The molecule has 0 aliphatic carbocycles. The fourth-order valence-electron chi connectivity index (χ4n) is 1.44. The first kappa shape index (κ1) is 10.4. The monoisotopic (exact) mass is 222 g/mol. The summed E-state index contributed by atoms with van der Waals surface area (Å²) in [6.07, 6.45) is 0.742. The Labute approximate surface area is 92.9 Å². The summed E-state index contributed by atoms with van der Waals surface area (Å²) in [5, 5.41) is 3.10. The number of nitrogens with two attached hydrogens (primary N) is 1. The predicted molar refractivity (Wildman–Crippen MR) is 60.9 cm³/mol. The van der Waals surface area contributed by atoms with Gasteiger partial charge in [-0.25, -0.2) is 4.98 Å². The maximum absolute atomic E-state index is 6.02. The van der Waals surface area contributed by atoms with E-state index >= 15 is 0 Å². The average molecular weight is 222 g/mol. The van der Waals surface area contributed by atoms with Gasteiger partial charge in [0.05, 0.1) is 11.0 Å². The number of aryl methyl sites for hydroxylation is 2. The Bertz CT molecular complexity index is 447. The molecule has 2 aromatic heterocycles. The quantitative estimate of drug-likeness (QED) is 0.868. The van der Waals surface area contributed by atoms with Gasteiger partial charge in [0.2, 0.25) is 0 Å². The Morgan fingerprint density at radius 2 is 2.27 bits per heavy atom. The molecule has 0 aromatic carbocycles. The van der Waals surface area contributed by atoms with Gasteiger partial charge in [-0.15, -0.1) is 11.3 Å². The number of aromatic nitrogens is 1. The van der Waals surface area contributed by atoms with E-state index in [9.17, 15) is 0 Å². The minimum absolute atomic E-state index is 0.0933. The molecule has 0 saturated heterocycles. The highest BCUT2D eigenvalue weighted by Gasteiger charge is 2.12. The zero-order chi connectivity index (χ0) is 10.8. The molecule has 2 rings (SSSR count). The van der Waals surface area contributed by atoms with Crippen molar-refractivity contribution in [3.05, 3.63) is 39.7 Å². The van der Waals surface area contributed by atoms with Gasteiger partial charge in [0.1, 0.15) is 11.5 Å². The molecule has 3 nitrogen and oxygen atoms in total. The molecule has 4 heteroatoms. The van der Waals surface area contributed by atoms with Crippen LogP contribution >= 0.6 is 11.3 Å². The van der Waals surface area contributed by atoms with Crippen molar-refractivity contribution < 1.29 is 4.42 Å². The van der Waals surface area contributed by atoms with Crippen LogP contribution in [0.5, 0.6) is 0 Å². The standard InChI is InChI=1S/C11H14N2OS/c1-7-6-15-11(13-7)5-9(12)10-4-3-8(2)14-10/h3-4,6,9H,5,12H2,1-2H3. The Hall–Kier alpha value is -1.13. The van der Waals surface area contributed by atoms with Crippen molar-refractivity contribution in [3.8, 4) is 0 Å². The first-order valence-electron chi connectivity index (χ1n) is 4.88. The lowest BCUT2D eigenvalue weighted by molar-refractivity contribution is 0.444. The van der Waals surface area contributed by atoms with Crippen molar-refractivity contribution in [3.63, 3.8) is 0 Å². The number of nitrogens with zero attached hydrogens (tertiary/aromatic N) is 1. The van der Waals surface area contributed by atoms with Gasteiger partial charge in [0.15, 0.2) is 0 Å². The van der Waals surface area contributed by atoms with E-state index in [0.717, 1.165) is 28.6 Å². The summed E-state index contributed by atoms with van der Waals surface area (Å²) in [5.41, 5.74) is 7.08. The molecular weight excluding hydrogens is 208 g/mol. The SMILES string of the molecule is Cc1csc(CC(N)c2ccc(C)o2)n1. The van der Waals surface area contributed by atoms with Crippen LogP contribution in [0.2, 0.25) is 0 Å². The fraction of sp³-hybridized carbons (Fsp3) is 0.364. The second-order valence-electron chi connectivity index (χ2n) is 3.64. The lowest BCUT2D eigenvalue weighted by atomic mass is 10.2. The van der Waals surface area contributed by atoms with E-state index in [1.54, 1.807) is 11.3 Å². The zero-order valence-corrected chi connectivity index (χ0v) is 9.67. The Balaban J connectivity index is 2.06. The molecule has 2 N–H and O–H groups in total. The van der Waals surface area contributed by atoms with Crippen molar-refractivity contribution >= 4 is 11.3 Å². The molecule has 1 unspecified atom stereocenters. The highest BCUT2D eigenvalue weighted by molar-refractivity contribution is 7.09. The number of rotatable bonds is 3. The third-order valence-electron chi connectivity index (χ3n) is 2.19. The van der Waals surface area contributed by atoms with Crippen LogP contribution in [-0.4, -0.2) is 4.98 Å². The average Bonchev–Trinajstić information content (AvgIpc) is 2.75. The fourth-order valence-corrected chi connectivity index (χ4v) is 2.27. The van der Waals surface area contributed by atoms with E-state index < -0.39 is 0 Å². The van der Waals surface area contributed by atoms with Gasteiger partial charge in [-0.1, -0.05) is 0 Å². The number of thiazole rings is 1. The highest BCUT2D eigenvalue weighted by Crippen LogP contribution is 2.20. The van der Waals surface area contributed by atoms with Crippen LogP contribution in [0.25, 0.3) is 0 Å². The molecule has 0 saturated carbocycles. The maximum atomic E-state index is 6.02. The summed E-state index contributed by atoms with van der Waals surface area (Å²) in [6, 6.07) is 3.77. The normalized spacial score (nSPS) is 13.0. The molecule has 0 amide bonds. The Kier molecular flexibility index (Phi) is 2.88. The van der Waals surface area contributed by atoms with Gasteiger partial charge in [0.25, 0.3) is 0 Å². The van der Waals surface area contributed by atoms with Gasteiger partial charge >= 0.3 is 0 Å². The van der Waals surface area contributed by atoms with Crippen LogP contribution in [0.15, 0.2) is 21.9 Å². The Morgan fingerprint density at radius 3 is 2.80 bits per heavy atom. The van der Waals surface area contributed by atoms with E-state index in [2.05, 4.69) is 4.98 Å². The molecule has 1 atom stereocenters. The molecule has 80 valence electrons. The van der Waals surface area contributed by atoms with Crippen LogP contribution in [0.1, 0.15) is 28.3 Å². The van der Waals surface area contributed by atoms with Crippen molar-refractivity contribution in [2.75, 3.05) is 0 Å². The molecule has 0 aliphatic heterocycles. The third kappa shape index (κ3) is 2.46. The largest absolute Gasteiger partial charge is 0.465 e. The first-order valence-corrected chi connectivity index (χ1v) is 5.76. The van der Waals surface area contributed by atoms with Crippen molar-refractivity contribution in [1.29, 1.82) is 0 Å². The molecular formula is C11H14N2OS. The van der Waals surface area contributed by atoms with Gasteiger partial charge in [0, 0.05) is 17.5 Å². The second-order valence-corrected chi connectivity index (χ2v) is 4.58. The minimum atomic E-state index is -0.0933. The van der Waals surface area contributed by atoms with Crippen LogP contribution < -0.4 is 5.73 Å². The summed E-state index contributed by atoms with van der Waals surface area (Å²) < 4.78 is 5.48. The van der Waals surface area contributed by atoms with E-state index in [1.807, 2.05) is 31.4 Å². The second kappa shape index (κ2) is 4.16. The van der Waals surface area contributed by atoms with E-state index in [0.29, 0.717) is 0 Å². The Morgan fingerprint density at radius 1 is 1.47 bits per heavy atom. The number of hydrogen-bond donors (Lipinski definition) is 1. The van der Waals surface area contributed by atoms with Gasteiger partial charge in [-0.2, -0.15) is 0 Å². The summed E-state index contributed by atoms with van der Waals surface area (Å²) in [5.74, 6) is 1.73. The molecule has 0 bridgehead atoms. The number of hydrogen-bond acceptors (Lipinski definition) is 4. The van der Waals surface area contributed by atoms with Crippen LogP contribution in [0.4, 0.5) is 0 Å². The van der Waals surface area contributed by atoms with Gasteiger partial charge in [-0.05, 0) is 26.0 Å². The van der Waals surface area contributed by atoms with Crippen LogP contribution in [-0.2, 0) is 6.42 Å². The van der Waals surface area contributed by atoms with Gasteiger partial charge in [-0.3, -0.25) is 0 Å². The van der Waals surface area contributed by atoms with E-state index in [1.165, 1.54) is 0 Å². The summed E-state index contributed by atoms with van der Waals surface area (Å²) >= 11 is 1.65. The molecule has 0 fully saturated rings. The summed E-state index contributed by atoms with van der Waals surface area (Å²) in [7, 11) is 0. The van der Waals surface area contributed by atoms with E-state index in [-0.39, 0.29) is 6.04 Å². The molecule has 2 heterocycles. The van der Waals surface area contributed by atoms with E-state index in [4.69, 9.17) is 10.2 Å². The van der Waals surface area contributed by atoms with Gasteiger partial charge < -0.3 is 10.2 Å². The van der Waals surface area contributed by atoms with Crippen molar-refractivity contribution in [2.45, 2.75) is 26.3 Å². The maximum Gasteiger partial charge on any atom is 0.121 e. The van der Waals surface area contributed by atoms with Crippen LogP contribution in [0, 0.1) is 13.8 Å². The third-order valence-corrected chi connectivity index (χ3v) is 3.18. The molecule has 2 aromatic rings. The molecule has 0 spiro atoms. The lowest BCUT2D eigenvalue weighted by Crippen LogP contribution is -2.12. The molecule has 0 aliphatic rings. The molecule has 15 heavy (non-hydrogen) atoms. The zero-order valence-electron chi connectivity index (χ0n) is 8.86.